The molecule has 0 aliphatic heterocycles. The van der Waals surface area contributed by atoms with E-state index in [0.29, 0.717) is 18.5 Å². The Bertz CT molecular complexity index is 681. The van der Waals surface area contributed by atoms with E-state index in [-0.39, 0.29) is 12.5 Å². The van der Waals surface area contributed by atoms with E-state index in [0.717, 1.165) is 44.9 Å². The summed E-state index contributed by atoms with van der Waals surface area (Å²) in [6, 6.07) is 3.33. The number of nitrogens with one attached hydrogen (secondary N) is 1. The third-order valence-electron chi connectivity index (χ3n) is 4.61. The van der Waals surface area contributed by atoms with E-state index in [2.05, 4.69) is 53.7 Å². The molecule has 170 valence electrons. The van der Waals surface area contributed by atoms with Crippen LogP contribution in [0.1, 0.15) is 81.5 Å². The van der Waals surface area contributed by atoms with Crippen molar-refractivity contribution in [2.75, 3.05) is 13.2 Å². The van der Waals surface area contributed by atoms with E-state index in [1.54, 1.807) is 18.3 Å². The van der Waals surface area contributed by atoms with Gasteiger partial charge in [-0.3, -0.25) is 9.78 Å². The van der Waals surface area contributed by atoms with Gasteiger partial charge in [0, 0.05) is 18.8 Å². The highest BCUT2D eigenvalue weighted by molar-refractivity contribution is 5.88. The van der Waals surface area contributed by atoms with Gasteiger partial charge in [0.25, 0.3) is 0 Å². The number of hydrogen-bond donors (Lipinski definition) is 1. The van der Waals surface area contributed by atoms with E-state index in [1.807, 2.05) is 0 Å². The van der Waals surface area contributed by atoms with E-state index >= 15 is 0 Å². The number of carbonyl (C=O) groups is 2. The van der Waals surface area contributed by atoms with Gasteiger partial charge in [0.1, 0.15) is 6.61 Å². The first-order chi connectivity index (χ1) is 15.2. The molecule has 0 saturated heterocycles. The van der Waals surface area contributed by atoms with Gasteiger partial charge in [0.15, 0.2) is 0 Å². The summed E-state index contributed by atoms with van der Waals surface area (Å²) < 4.78 is 5.10. The number of aromatic nitrogens is 1. The van der Waals surface area contributed by atoms with Crippen molar-refractivity contribution in [1.82, 2.24) is 10.3 Å². The second-order valence-electron chi connectivity index (χ2n) is 7.33. The molecule has 5 heteroatoms. The fraction of sp³-hybridized carbons (Fsp3) is 0.500. The van der Waals surface area contributed by atoms with Gasteiger partial charge in [0.05, 0.1) is 12.1 Å². The Morgan fingerprint density at radius 3 is 2.42 bits per heavy atom. The second kappa shape index (κ2) is 19.3. The number of pyridine rings is 1. The maximum atomic E-state index is 11.8. The smallest absolute Gasteiger partial charge is 0.339 e. The quantitative estimate of drug-likeness (QED) is 0.190. The van der Waals surface area contributed by atoms with Gasteiger partial charge in [-0.2, -0.15) is 0 Å². The summed E-state index contributed by atoms with van der Waals surface area (Å²) in [6.45, 7) is 2.65. The highest BCUT2D eigenvalue weighted by Crippen LogP contribution is 2.08. The van der Waals surface area contributed by atoms with Gasteiger partial charge in [0.2, 0.25) is 5.91 Å². The van der Waals surface area contributed by atoms with Crippen molar-refractivity contribution in [3.05, 3.63) is 66.5 Å². The summed E-state index contributed by atoms with van der Waals surface area (Å²) in [6.07, 6.45) is 26.7. The molecule has 0 aromatic carbocycles. The molecule has 0 fully saturated rings. The number of unbranched alkanes of at least 4 members (excludes halogenated alkanes) is 5. The molecule has 0 bridgehead atoms. The van der Waals surface area contributed by atoms with Crippen LogP contribution in [0.3, 0.4) is 0 Å². The van der Waals surface area contributed by atoms with Crippen molar-refractivity contribution in [1.29, 1.82) is 0 Å². The molecule has 1 amide bonds. The van der Waals surface area contributed by atoms with Gasteiger partial charge in [-0.25, -0.2) is 4.79 Å². The maximum Gasteiger partial charge on any atom is 0.339 e. The van der Waals surface area contributed by atoms with Crippen LogP contribution < -0.4 is 5.32 Å². The average Bonchev–Trinajstić information content (AvgIpc) is 2.79. The minimum absolute atomic E-state index is 0.0126. The monoisotopic (exact) mass is 426 g/mol. The zero-order chi connectivity index (χ0) is 22.4. The second-order valence-corrected chi connectivity index (χ2v) is 7.33. The summed E-state index contributed by atoms with van der Waals surface area (Å²) >= 11 is 0. The van der Waals surface area contributed by atoms with Crippen molar-refractivity contribution < 1.29 is 14.3 Å². The molecular formula is C26H38N2O3. The van der Waals surface area contributed by atoms with Crippen LogP contribution in [0.5, 0.6) is 0 Å². The number of ether oxygens (including phenoxy) is 1. The van der Waals surface area contributed by atoms with E-state index in [1.165, 1.54) is 19.0 Å². The SMILES string of the molecule is CC/C=C/C/C=C/C/C=C/CCCCCCCC(=O)NCCOC(=O)c1cccnc1. The molecule has 0 unspecified atom stereocenters. The first kappa shape index (κ1) is 26.3. The third-order valence-corrected chi connectivity index (χ3v) is 4.61. The molecule has 0 radical (unpaired) electrons. The number of amides is 1. The molecule has 0 atom stereocenters. The van der Waals surface area contributed by atoms with Crippen molar-refractivity contribution in [2.45, 2.75) is 71.1 Å². The van der Waals surface area contributed by atoms with Crippen LogP contribution in [0.4, 0.5) is 0 Å². The lowest BCUT2D eigenvalue weighted by Crippen LogP contribution is -2.27. The number of carbonyl (C=O) groups excluding carboxylic acids is 2. The number of rotatable bonds is 17. The van der Waals surface area contributed by atoms with Crippen LogP contribution in [0, 0.1) is 0 Å². The zero-order valence-electron chi connectivity index (χ0n) is 18.9. The van der Waals surface area contributed by atoms with Crippen molar-refractivity contribution in [2.24, 2.45) is 0 Å². The largest absolute Gasteiger partial charge is 0.460 e. The minimum Gasteiger partial charge on any atom is -0.460 e. The summed E-state index contributed by atoms with van der Waals surface area (Å²) in [4.78, 5) is 27.4. The van der Waals surface area contributed by atoms with Crippen LogP contribution in [0.25, 0.3) is 0 Å². The van der Waals surface area contributed by atoms with Crippen molar-refractivity contribution >= 4 is 11.9 Å². The Morgan fingerprint density at radius 2 is 1.68 bits per heavy atom. The molecule has 1 heterocycles. The molecule has 31 heavy (non-hydrogen) atoms. The van der Waals surface area contributed by atoms with Crippen LogP contribution in [-0.2, 0) is 9.53 Å². The summed E-state index contributed by atoms with van der Waals surface area (Å²) in [5.74, 6) is -0.410. The molecule has 1 aromatic heterocycles. The van der Waals surface area contributed by atoms with Crippen LogP contribution in [-0.4, -0.2) is 30.0 Å². The zero-order valence-corrected chi connectivity index (χ0v) is 18.9. The first-order valence-corrected chi connectivity index (χ1v) is 11.5. The van der Waals surface area contributed by atoms with Crippen molar-refractivity contribution in [3.8, 4) is 0 Å². The Hall–Kier alpha value is -2.69. The minimum atomic E-state index is -0.423. The molecule has 1 N–H and O–H groups in total. The van der Waals surface area contributed by atoms with Gasteiger partial charge in [-0.15, -0.1) is 0 Å². The van der Waals surface area contributed by atoms with Crippen LogP contribution in [0.2, 0.25) is 0 Å². The van der Waals surface area contributed by atoms with Crippen LogP contribution >= 0.6 is 0 Å². The van der Waals surface area contributed by atoms with Gasteiger partial charge in [-0.05, 0) is 50.7 Å². The van der Waals surface area contributed by atoms with E-state index in [9.17, 15) is 9.59 Å². The number of nitrogens with zero attached hydrogens (tertiary/aromatic N) is 1. The van der Waals surface area contributed by atoms with Crippen molar-refractivity contribution in [3.63, 3.8) is 0 Å². The van der Waals surface area contributed by atoms with E-state index in [4.69, 9.17) is 4.74 Å². The normalized spacial score (nSPS) is 11.5. The topological polar surface area (TPSA) is 68.3 Å². The maximum absolute atomic E-state index is 11.8. The summed E-state index contributed by atoms with van der Waals surface area (Å²) in [5, 5.41) is 2.79. The molecule has 1 rings (SSSR count). The first-order valence-electron chi connectivity index (χ1n) is 11.5. The van der Waals surface area contributed by atoms with Gasteiger partial charge >= 0.3 is 5.97 Å². The molecular weight excluding hydrogens is 388 g/mol. The molecule has 5 nitrogen and oxygen atoms in total. The summed E-state index contributed by atoms with van der Waals surface area (Å²) in [5.41, 5.74) is 0.414. The Balaban J connectivity index is 1.88. The Kier molecular flexibility index (Phi) is 16.4. The third kappa shape index (κ3) is 15.8. The molecule has 0 aliphatic carbocycles. The number of allylic oxidation sites excluding steroid dienone is 6. The predicted molar refractivity (Wildman–Crippen MR) is 127 cm³/mol. The lowest BCUT2D eigenvalue weighted by atomic mass is 10.1. The van der Waals surface area contributed by atoms with E-state index < -0.39 is 5.97 Å². The molecule has 1 aromatic rings. The average molecular weight is 427 g/mol. The lowest BCUT2D eigenvalue weighted by Gasteiger charge is -2.06. The highest BCUT2D eigenvalue weighted by atomic mass is 16.5. The Labute approximate surface area is 187 Å². The van der Waals surface area contributed by atoms with Crippen LogP contribution in [0.15, 0.2) is 61.0 Å². The van der Waals surface area contributed by atoms with Gasteiger partial charge < -0.3 is 10.1 Å². The molecule has 0 aliphatic rings. The standard InChI is InChI=1S/C26H38N2O3/c1-2-3-4-5-6-7-8-9-10-11-12-13-14-15-16-19-25(29)28-21-22-31-26(30)24-18-17-20-27-23-24/h3-4,6-7,9-10,17-18,20,23H,2,5,8,11-16,19,21-22H2,1H3,(H,28,29)/b4-3+,7-6+,10-9+. The summed E-state index contributed by atoms with van der Waals surface area (Å²) in [7, 11) is 0. The number of esters is 1. The highest BCUT2D eigenvalue weighted by Gasteiger charge is 2.06. The lowest BCUT2D eigenvalue weighted by molar-refractivity contribution is -0.121. The molecule has 0 spiro atoms. The fourth-order valence-corrected chi connectivity index (χ4v) is 2.89. The predicted octanol–water partition coefficient (Wildman–Crippen LogP) is 5.94. The molecule has 0 saturated carbocycles. The Morgan fingerprint density at radius 1 is 0.968 bits per heavy atom. The van der Waals surface area contributed by atoms with Gasteiger partial charge in [-0.1, -0.05) is 62.6 Å². The number of hydrogen-bond acceptors (Lipinski definition) is 4. The fourth-order valence-electron chi connectivity index (χ4n) is 2.89.